The van der Waals surface area contributed by atoms with Crippen molar-refractivity contribution in [2.45, 2.75) is 54.0 Å². The molecule has 2 heteroatoms. The maximum atomic E-state index is 4.87. The van der Waals surface area contributed by atoms with Gasteiger partial charge in [-0.3, -0.25) is 4.98 Å². The average molecular weight is 284 g/mol. The molecule has 21 heavy (non-hydrogen) atoms. The van der Waals surface area contributed by atoms with Gasteiger partial charge in [0, 0.05) is 17.6 Å². The normalized spacial score (nSPS) is 11.8. The Labute approximate surface area is 129 Å². The summed E-state index contributed by atoms with van der Waals surface area (Å²) in [5.74, 6) is 1.13. The molecular weight excluding hydrogens is 256 g/mol. The molecular formula is C19H28N2. The fraction of sp³-hybridized carbons (Fsp3) is 0.526. The molecule has 1 N–H and O–H groups in total. The molecule has 0 amide bonds. The Bertz CT molecular complexity index is 627. The van der Waals surface area contributed by atoms with Crippen LogP contribution in [0.1, 0.15) is 56.0 Å². The third-order valence-corrected chi connectivity index (χ3v) is 3.81. The van der Waals surface area contributed by atoms with Crippen molar-refractivity contribution < 1.29 is 0 Å². The summed E-state index contributed by atoms with van der Waals surface area (Å²) in [4.78, 5) is 4.87. The molecule has 0 unspecified atom stereocenters. The Morgan fingerprint density at radius 1 is 1.05 bits per heavy atom. The molecule has 0 saturated carbocycles. The predicted molar refractivity (Wildman–Crippen MR) is 91.9 cm³/mol. The minimum absolute atomic E-state index is 0.457. The van der Waals surface area contributed by atoms with E-state index in [1.165, 1.54) is 27.8 Å². The van der Waals surface area contributed by atoms with Crippen LogP contribution < -0.4 is 5.32 Å². The second-order valence-corrected chi connectivity index (χ2v) is 6.86. The molecule has 0 atom stereocenters. The minimum atomic E-state index is 0.457. The monoisotopic (exact) mass is 284 g/mol. The van der Waals surface area contributed by atoms with E-state index in [-0.39, 0.29) is 0 Å². The number of benzene rings is 1. The summed E-state index contributed by atoms with van der Waals surface area (Å²) in [5, 5.41) is 4.89. The zero-order chi connectivity index (χ0) is 15.6. The second-order valence-electron chi connectivity index (χ2n) is 6.86. The number of fused-ring (bicyclic) bond motifs is 1. The molecule has 114 valence electrons. The number of pyridine rings is 1. The number of nitrogens with one attached hydrogen (secondary N) is 1. The highest BCUT2D eigenvalue weighted by molar-refractivity contribution is 5.86. The van der Waals surface area contributed by atoms with Crippen LogP contribution in [0.15, 0.2) is 18.2 Å². The lowest BCUT2D eigenvalue weighted by Crippen LogP contribution is -2.19. The van der Waals surface area contributed by atoms with Crippen LogP contribution in [-0.4, -0.2) is 11.5 Å². The molecule has 2 aromatic rings. The highest BCUT2D eigenvalue weighted by Crippen LogP contribution is 2.26. The SMILES string of the molecule is Cc1cc(C)c2c(CNCC(C)C)cc(C(C)C)nc2c1. The van der Waals surface area contributed by atoms with E-state index >= 15 is 0 Å². The second kappa shape index (κ2) is 6.57. The number of rotatable bonds is 5. The van der Waals surface area contributed by atoms with Crippen molar-refractivity contribution in [2.75, 3.05) is 6.54 Å². The molecule has 0 spiro atoms. The Morgan fingerprint density at radius 3 is 2.38 bits per heavy atom. The third kappa shape index (κ3) is 3.82. The first-order valence-corrected chi connectivity index (χ1v) is 8.00. The van der Waals surface area contributed by atoms with Crippen LogP contribution in [0.3, 0.4) is 0 Å². The van der Waals surface area contributed by atoms with Gasteiger partial charge >= 0.3 is 0 Å². The topological polar surface area (TPSA) is 24.9 Å². The molecule has 2 rings (SSSR count). The number of aromatic nitrogens is 1. The van der Waals surface area contributed by atoms with E-state index in [2.05, 4.69) is 65.1 Å². The Balaban J connectivity index is 2.49. The van der Waals surface area contributed by atoms with Gasteiger partial charge in [0.1, 0.15) is 0 Å². The van der Waals surface area contributed by atoms with Crippen LogP contribution >= 0.6 is 0 Å². The standard InChI is InChI=1S/C19H28N2/c1-12(2)10-20-11-16-9-17(13(3)4)21-18-8-14(5)7-15(6)19(16)18/h7-9,12-13,20H,10-11H2,1-6H3. The number of aryl methyl sites for hydroxylation is 2. The summed E-state index contributed by atoms with van der Waals surface area (Å²) >= 11 is 0. The summed E-state index contributed by atoms with van der Waals surface area (Å²) in [7, 11) is 0. The van der Waals surface area contributed by atoms with Crippen molar-refractivity contribution in [3.8, 4) is 0 Å². The Morgan fingerprint density at radius 2 is 1.76 bits per heavy atom. The van der Waals surface area contributed by atoms with Gasteiger partial charge in [0.2, 0.25) is 0 Å². The molecule has 1 heterocycles. The van der Waals surface area contributed by atoms with Gasteiger partial charge in [-0.2, -0.15) is 0 Å². The lowest BCUT2D eigenvalue weighted by molar-refractivity contribution is 0.553. The lowest BCUT2D eigenvalue weighted by Gasteiger charge is -2.15. The zero-order valence-electron chi connectivity index (χ0n) is 14.2. The average Bonchev–Trinajstić information content (AvgIpc) is 2.36. The quantitative estimate of drug-likeness (QED) is 0.859. The van der Waals surface area contributed by atoms with Crippen LogP contribution in [-0.2, 0) is 6.54 Å². The first kappa shape index (κ1) is 16.0. The largest absolute Gasteiger partial charge is 0.312 e. The van der Waals surface area contributed by atoms with Crippen LogP contribution in [0.25, 0.3) is 10.9 Å². The number of nitrogens with zero attached hydrogens (tertiary/aromatic N) is 1. The molecule has 0 bridgehead atoms. The maximum Gasteiger partial charge on any atom is 0.0713 e. The van der Waals surface area contributed by atoms with Crippen LogP contribution in [0, 0.1) is 19.8 Å². The third-order valence-electron chi connectivity index (χ3n) is 3.81. The van der Waals surface area contributed by atoms with E-state index in [0.717, 1.165) is 18.6 Å². The first-order chi connectivity index (χ1) is 9.88. The fourth-order valence-corrected chi connectivity index (χ4v) is 2.80. The Hall–Kier alpha value is -1.41. The summed E-state index contributed by atoms with van der Waals surface area (Å²) in [6.45, 7) is 15.2. The van der Waals surface area contributed by atoms with Gasteiger partial charge in [-0.25, -0.2) is 0 Å². The summed E-state index contributed by atoms with van der Waals surface area (Å²) < 4.78 is 0. The van der Waals surface area contributed by atoms with Crippen LogP contribution in [0.2, 0.25) is 0 Å². The molecule has 0 aliphatic carbocycles. The maximum absolute atomic E-state index is 4.87. The fourth-order valence-electron chi connectivity index (χ4n) is 2.80. The van der Waals surface area contributed by atoms with Gasteiger partial charge in [0.05, 0.1) is 5.52 Å². The highest BCUT2D eigenvalue weighted by atomic mass is 14.9. The lowest BCUT2D eigenvalue weighted by atomic mass is 9.98. The van der Waals surface area contributed by atoms with E-state index in [4.69, 9.17) is 4.98 Å². The van der Waals surface area contributed by atoms with Gasteiger partial charge in [0.25, 0.3) is 0 Å². The minimum Gasteiger partial charge on any atom is -0.312 e. The van der Waals surface area contributed by atoms with Gasteiger partial charge in [-0.05, 0) is 61.1 Å². The summed E-state index contributed by atoms with van der Waals surface area (Å²) in [6, 6.07) is 6.74. The van der Waals surface area contributed by atoms with E-state index in [0.29, 0.717) is 11.8 Å². The molecule has 0 aliphatic rings. The Kier molecular flexibility index (Phi) is 5.00. The number of hydrogen-bond acceptors (Lipinski definition) is 2. The smallest absolute Gasteiger partial charge is 0.0713 e. The van der Waals surface area contributed by atoms with E-state index < -0.39 is 0 Å². The van der Waals surface area contributed by atoms with Crippen molar-refractivity contribution >= 4 is 10.9 Å². The number of hydrogen-bond donors (Lipinski definition) is 1. The zero-order valence-corrected chi connectivity index (χ0v) is 14.2. The van der Waals surface area contributed by atoms with Gasteiger partial charge in [-0.1, -0.05) is 33.8 Å². The van der Waals surface area contributed by atoms with Gasteiger partial charge in [-0.15, -0.1) is 0 Å². The first-order valence-electron chi connectivity index (χ1n) is 8.00. The van der Waals surface area contributed by atoms with E-state index in [1.807, 2.05) is 0 Å². The molecule has 0 radical (unpaired) electrons. The highest BCUT2D eigenvalue weighted by Gasteiger charge is 2.11. The molecule has 2 nitrogen and oxygen atoms in total. The predicted octanol–water partition coefficient (Wildman–Crippen LogP) is 4.72. The molecule has 1 aromatic heterocycles. The molecule has 1 aromatic carbocycles. The summed E-state index contributed by atoms with van der Waals surface area (Å²) in [6.07, 6.45) is 0. The van der Waals surface area contributed by atoms with E-state index in [9.17, 15) is 0 Å². The van der Waals surface area contributed by atoms with Crippen molar-refractivity contribution in [1.82, 2.24) is 10.3 Å². The van der Waals surface area contributed by atoms with Crippen molar-refractivity contribution in [3.63, 3.8) is 0 Å². The van der Waals surface area contributed by atoms with Gasteiger partial charge < -0.3 is 5.32 Å². The van der Waals surface area contributed by atoms with Gasteiger partial charge in [0.15, 0.2) is 0 Å². The van der Waals surface area contributed by atoms with E-state index in [1.54, 1.807) is 0 Å². The van der Waals surface area contributed by atoms with Crippen molar-refractivity contribution in [3.05, 3.63) is 40.6 Å². The van der Waals surface area contributed by atoms with Crippen molar-refractivity contribution in [2.24, 2.45) is 5.92 Å². The molecule has 0 aliphatic heterocycles. The van der Waals surface area contributed by atoms with Crippen molar-refractivity contribution in [1.29, 1.82) is 0 Å². The molecule has 0 fully saturated rings. The molecule has 0 saturated heterocycles. The summed E-state index contributed by atoms with van der Waals surface area (Å²) in [5.41, 5.74) is 6.32. The van der Waals surface area contributed by atoms with Crippen LogP contribution in [0.5, 0.6) is 0 Å². The van der Waals surface area contributed by atoms with Crippen LogP contribution in [0.4, 0.5) is 0 Å².